The molecule has 0 unspecified atom stereocenters. The average molecular weight is 330 g/mol. The van der Waals surface area contributed by atoms with Gasteiger partial charge in [-0.3, -0.25) is 0 Å². The molecular weight excluding hydrogens is 317 g/mol. The lowest BCUT2D eigenvalue weighted by Gasteiger charge is -2.13. The number of rotatable bonds is 2. The SMILES string of the molecule is CC(C)(C)c1nc(C(=O)O)c(-c2cc(Cl)cc(Cl)c2)s1. The Bertz CT molecular complexity index is 654. The second kappa shape index (κ2) is 5.35. The summed E-state index contributed by atoms with van der Waals surface area (Å²) in [6.45, 7) is 5.98. The molecule has 0 amide bonds. The van der Waals surface area contributed by atoms with E-state index in [9.17, 15) is 9.90 Å². The second-order valence-electron chi connectivity index (χ2n) is 5.41. The van der Waals surface area contributed by atoms with Crippen LogP contribution in [0.1, 0.15) is 36.3 Å². The van der Waals surface area contributed by atoms with Gasteiger partial charge in [-0.15, -0.1) is 11.3 Å². The van der Waals surface area contributed by atoms with Crippen LogP contribution in [0.15, 0.2) is 18.2 Å². The maximum Gasteiger partial charge on any atom is 0.356 e. The van der Waals surface area contributed by atoms with Crippen molar-refractivity contribution >= 4 is 40.5 Å². The van der Waals surface area contributed by atoms with Crippen molar-refractivity contribution in [1.82, 2.24) is 4.98 Å². The third-order valence-electron chi connectivity index (χ3n) is 2.60. The van der Waals surface area contributed by atoms with Crippen molar-refractivity contribution in [2.24, 2.45) is 0 Å². The van der Waals surface area contributed by atoms with Crippen LogP contribution in [0.3, 0.4) is 0 Å². The van der Waals surface area contributed by atoms with Gasteiger partial charge in [0.25, 0.3) is 0 Å². The molecular formula is C14H13Cl2NO2S. The zero-order chi connectivity index (χ0) is 15.1. The molecule has 2 rings (SSSR count). The zero-order valence-corrected chi connectivity index (χ0v) is 13.5. The molecule has 0 fully saturated rings. The van der Waals surface area contributed by atoms with Crippen LogP contribution in [0.4, 0.5) is 0 Å². The van der Waals surface area contributed by atoms with Crippen LogP contribution in [0.5, 0.6) is 0 Å². The molecule has 0 radical (unpaired) electrons. The Morgan fingerprint density at radius 3 is 2.20 bits per heavy atom. The average Bonchev–Trinajstić information content (AvgIpc) is 2.71. The van der Waals surface area contributed by atoms with Gasteiger partial charge in [-0.25, -0.2) is 9.78 Å². The van der Waals surface area contributed by atoms with Gasteiger partial charge in [-0.2, -0.15) is 0 Å². The number of hydrogen-bond acceptors (Lipinski definition) is 3. The van der Waals surface area contributed by atoms with E-state index in [0.29, 0.717) is 20.5 Å². The topological polar surface area (TPSA) is 50.2 Å². The molecule has 1 heterocycles. The normalized spacial score (nSPS) is 11.7. The van der Waals surface area contributed by atoms with Crippen LogP contribution in [0, 0.1) is 0 Å². The summed E-state index contributed by atoms with van der Waals surface area (Å²) in [5.74, 6) is -1.05. The Hall–Kier alpha value is -1.10. The van der Waals surface area contributed by atoms with Gasteiger partial charge in [-0.05, 0) is 23.8 Å². The first-order valence-electron chi connectivity index (χ1n) is 5.89. The van der Waals surface area contributed by atoms with E-state index >= 15 is 0 Å². The maximum atomic E-state index is 11.4. The summed E-state index contributed by atoms with van der Waals surface area (Å²) < 4.78 is 0. The number of nitrogens with zero attached hydrogens (tertiary/aromatic N) is 1. The third-order valence-corrected chi connectivity index (χ3v) is 4.56. The van der Waals surface area contributed by atoms with Gasteiger partial charge in [0, 0.05) is 15.5 Å². The molecule has 1 N–H and O–H groups in total. The van der Waals surface area contributed by atoms with Gasteiger partial charge < -0.3 is 5.11 Å². The molecule has 0 saturated carbocycles. The Morgan fingerprint density at radius 2 is 1.75 bits per heavy atom. The predicted molar refractivity (Wildman–Crippen MR) is 83.2 cm³/mol. The lowest BCUT2D eigenvalue weighted by Crippen LogP contribution is -2.11. The van der Waals surface area contributed by atoms with Crippen molar-refractivity contribution in [3.05, 3.63) is 38.9 Å². The van der Waals surface area contributed by atoms with Gasteiger partial charge in [0.05, 0.1) is 9.88 Å². The van der Waals surface area contributed by atoms with Crippen molar-refractivity contribution in [2.45, 2.75) is 26.2 Å². The van der Waals surface area contributed by atoms with Crippen LogP contribution in [0.25, 0.3) is 10.4 Å². The Balaban J connectivity index is 2.66. The molecule has 2 aromatic rings. The quantitative estimate of drug-likeness (QED) is 0.832. The number of carboxylic acids is 1. The molecule has 1 aromatic carbocycles. The summed E-state index contributed by atoms with van der Waals surface area (Å²) in [4.78, 5) is 16.2. The Morgan fingerprint density at radius 1 is 1.20 bits per heavy atom. The van der Waals surface area contributed by atoms with Crippen LogP contribution in [-0.4, -0.2) is 16.1 Å². The van der Waals surface area contributed by atoms with Gasteiger partial charge >= 0.3 is 5.97 Å². The molecule has 0 spiro atoms. The molecule has 0 aliphatic carbocycles. The molecule has 0 saturated heterocycles. The van der Waals surface area contributed by atoms with E-state index in [4.69, 9.17) is 23.2 Å². The minimum absolute atomic E-state index is 0.0401. The highest BCUT2D eigenvalue weighted by molar-refractivity contribution is 7.15. The summed E-state index contributed by atoms with van der Waals surface area (Å²) in [5, 5.41) is 11.0. The van der Waals surface area contributed by atoms with E-state index in [1.165, 1.54) is 11.3 Å². The van der Waals surface area contributed by atoms with E-state index in [-0.39, 0.29) is 11.1 Å². The Kier molecular flexibility index (Phi) is 4.09. The van der Waals surface area contributed by atoms with Crippen molar-refractivity contribution < 1.29 is 9.90 Å². The number of carbonyl (C=O) groups is 1. The van der Waals surface area contributed by atoms with Gasteiger partial charge in [-0.1, -0.05) is 44.0 Å². The number of aromatic carboxylic acids is 1. The van der Waals surface area contributed by atoms with Crippen molar-refractivity contribution in [3.8, 4) is 10.4 Å². The fourth-order valence-electron chi connectivity index (χ4n) is 1.67. The summed E-state index contributed by atoms with van der Waals surface area (Å²) in [6, 6.07) is 5.00. The first-order valence-corrected chi connectivity index (χ1v) is 7.47. The lowest BCUT2D eigenvalue weighted by atomic mass is 9.98. The van der Waals surface area contributed by atoms with Gasteiger partial charge in [0.15, 0.2) is 5.69 Å². The Labute approximate surface area is 131 Å². The van der Waals surface area contributed by atoms with E-state index < -0.39 is 5.97 Å². The third kappa shape index (κ3) is 3.14. The second-order valence-corrected chi connectivity index (χ2v) is 7.28. The number of halogens is 2. The van der Waals surface area contributed by atoms with E-state index in [2.05, 4.69) is 4.98 Å². The molecule has 0 bridgehead atoms. The van der Waals surface area contributed by atoms with Gasteiger partial charge in [0.1, 0.15) is 0 Å². The highest BCUT2D eigenvalue weighted by atomic mass is 35.5. The monoisotopic (exact) mass is 329 g/mol. The molecule has 3 nitrogen and oxygen atoms in total. The fraction of sp³-hybridized carbons (Fsp3) is 0.286. The lowest BCUT2D eigenvalue weighted by molar-refractivity contribution is 0.0692. The molecule has 0 aliphatic heterocycles. The summed E-state index contributed by atoms with van der Waals surface area (Å²) >= 11 is 13.3. The molecule has 20 heavy (non-hydrogen) atoms. The largest absolute Gasteiger partial charge is 0.476 e. The number of carboxylic acid groups (broad SMARTS) is 1. The van der Waals surface area contributed by atoms with Crippen molar-refractivity contribution in [1.29, 1.82) is 0 Å². The molecule has 6 heteroatoms. The smallest absolute Gasteiger partial charge is 0.356 e. The highest BCUT2D eigenvalue weighted by Gasteiger charge is 2.25. The minimum Gasteiger partial charge on any atom is -0.476 e. The first kappa shape index (κ1) is 15.3. The van der Waals surface area contributed by atoms with Crippen molar-refractivity contribution in [3.63, 3.8) is 0 Å². The first-order chi connectivity index (χ1) is 9.18. The predicted octanol–water partition coefficient (Wildman–Crippen LogP) is 5.11. The molecule has 1 aromatic heterocycles. The minimum atomic E-state index is -1.05. The van der Waals surface area contributed by atoms with E-state index in [1.54, 1.807) is 18.2 Å². The van der Waals surface area contributed by atoms with Crippen LogP contribution >= 0.6 is 34.5 Å². The number of hydrogen-bond donors (Lipinski definition) is 1. The van der Waals surface area contributed by atoms with Crippen LogP contribution < -0.4 is 0 Å². The van der Waals surface area contributed by atoms with Crippen molar-refractivity contribution in [2.75, 3.05) is 0 Å². The van der Waals surface area contributed by atoms with E-state index in [1.807, 2.05) is 20.8 Å². The maximum absolute atomic E-state index is 11.4. The standard InChI is InChI=1S/C14H13Cl2NO2S/c1-14(2,3)13-17-10(12(18)19)11(20-13)7-4-8(15)6-9(16)5-7/h4-6H,1-3H3,(H,18,19). The van der Waals surface area contributed by atoms with Crippen LogP contribution in [-0.2, 0) is 5.41 Å². The number of aromatic nitrogens is 1. The summed E-state index contributed by atoms with van der Waals surface area (Å²) in [5.41, 5.74) is 0.501. The summed E-state index contributed by atoms with van der Waals surface area (Å²) in [6.07, 6.45) is 0. The highest BCUT2D eigenvalue weighted by Crippen LogP contribution is 2.37. The zero-order valence-electron chi connectivity index (χ0n) is 11.2. The molecule has 0 aliphatic rings. The van der Waals surface area contributed by atoms with Gasteiger partial charge in [0.2, 0.25) is 0 Å². The molecule has 106 valence electrons. The number of benzene rings is 1. The van der Waals surface area contributed by atoms with E-state index in [0.717, 1.165) is 5.01 Å². The summed E-state index contributed by atoms with van der Waals surface area (Å²) in [7, 11) is 0. The fourth-order valence-corrected chi connectivity index (χ4v) is 3.29. The molecule has 0 atom stereocenters. The number of thiazole rings is 1. The van der Waals surface area contributed by atoms with Crippen LogP contribution in [0.2, 0.25) is 10.0 Å².